The first kappa shape index (κ1) is 23.5. The van der Waals surface area contributed by atoms with E-state index < -0.39 is 38.3 Å². The number of rotatable bonds is 5. The molecule has 1 heterocycles. The first-order chi connectivity index (χ1) is 15.6. The fourth-order valence-electron chi connectivity index (χ4n) is 5.76. The predicted molar refractivity (Wildman–Crippen MR) is 119 cm³/mol. The molecule has 3 aliphatic rings. The van der Waals surface area contributed by atoms with E-state index in [0.717, 1.165) is 25.2 Å². The molecule has 0 aromatic heterocycles. The fraction of sp³-hybridized carbons (Fsp3) is 0.609. The minimum absolute atomic E-state index is 0.0795. The molecule has 2 aliphatic carbocycles. The van der Waals surface area contributed by atoms with E-state index >= 15 is 0 Å². The minimum atomic E-state index is -3.50. The molecule has 2 unspecified atom stereocenters. The number of carbonyl (C=O) groups is 2. The van der Waals surface area contributed by atoms with Crippen LogP contribution in [-0.2, 0) is 19.4 Å². The summed E-state index contributed by atoms with van der Waals surface area (Å²) in [6, 6.07) is 6.17. The third-order valence-corrected chi connectivity index (χ3v) is 8.85. The summed E-state index contributed by atoms with van der Waals surface area (Å²) in [5.41, 5.74) is 4.19. The molecule has 10 heteroatoms. The Morgan fingerprint density at radius 3 is 2.33 bits per heavy atom. The Labute approximate surface area is 193 Å². The van der Waals surface area contributed by atoms with Gasteiger partial charge in [-0.25, -0.2) is 12.8 Å². The van der Waals surface area contributed by atoms with Crippen molar-refractivity contribution in [3.05, 3.63) is 24.0 Å². The average Bonchev–Trinajstić information content (AvgIpc) is 3.59. The van der Waals surface area contributed by atoms with E-state index in [0.29, 0.717) is 57.5 Å². The van der Waals surface area contributed by atoms with Gasteiger partial charge in [0.05, 0.1) is 33.4 Å². The molecule has 33 heavy (non-hydrogen) atoms. The van der Waals surface area contributed by atoms with Gasteiger partial charge in [-0.15, -0.1) is 0 Å². The Morgan fingerprint density at radius 1 is 1.15 bits per heavy atom. The number of piperazine rings is 1. The summed E-state index contributed by atoms with van der Waals surface area (Å²) in [6.45, 7) is 1.44. The summed E-state index contributed by atoms with van der Waals surface area (Å²) in [7, 11) is -3.50. The summed E-state index contributed by atoms with van der Waals surface area (Å²) in [5.74, 6) is -1.93. The van der Waals surface area contributed by atoms with Gasteiger partial charge in [-0.1, -0.05) is 12.8 Å². The molecule has 8 nitrogen and oxygen atoms in total. The van der Waals surface area contributed by atoms with Crippen molar-refractivity contribution in [2.45, 2.75) is 43.4 Å². The van der Waals surface area contributed by atoms with Crippen molar-refractivity contribution >= 4 is 27.3 Å². The van der Waals surface area contributed by atoms with Gasteiger partial charge < -0.3 is 15.5 Å². The van der Waals surface area contributed by atoms with Gasteiger partial charge in [0.15, 0.2) is 9.84 Å². The van der Waals surface area contributed by atoms with Crippen molar-refractivity contribution in [1.29, 1.82) is 5.26 Å². The molecule has 1 aromatic carbocycles. The van der Waals surface area contributed by atoms with Crippen molar-refractivity contribution in [3.63, 3.8) is 0 Å². The van der Waals surface area contributed by atoms with Crippen LogP contribution in [0.3, 0.4) is 0 Å². The van der Waals surface area contributed by atoms with Crippen LogP contribution in [0.2, 0.25) is 0 Å². The highest BCUT2D eigenvalue weighted by Crippen LogP contribution is 2.65. The number of sulfone groups is 1. The lowest BCUT2D eigenvalue weighted by Gasteiger charge is -2.47. The van der Waals surface area contributed by atoms with Crippen LogP contribution in [-0.4, -0.2) is 57.6 Å². The van der Waals surface area contributed by atoms with Gasteiger partial charge >= 0.3 is 0 Å². The molecule has 1 saturated heterocycles. The van der Waals surface area contributed by atoms with Gasteiger partial charge in [0.25, 0.3) is 0 Å². The molecule has 0 radical (unpaired) electrons. The second-order valence-electron chi connectivity index (χ2n) is 9.53. The second-order valence-corrected chi connectivity index (χ2v) is 11.5. The number of hydrogen-bond acceptors (Lipinski definition) is 6. The van der Waals surface area contributed by atoms with Gasteiger partial charge in [0.1, 0.15) is 5.82 Å². The van der Waals surface area contributed by atoms with Crippen LogP contribution in [0, 0.1) is 33.9 Å². The lowest BCUT2D eigenvalue weighted by molar-refractivity contribution is -0.154. The van der Waals surface area contributed by atoms with E-state index in [1.54, 1.807) is 9.80 Å². The third-order valence-electron chi connectivity index (χ3n) is 7.74. The molecule has 178 valence electrons. The van der Waals surface area contributed by atoms with Gasteiger partial charge in [0.2, 0.25) is 11.8 Å². The van der Waals surface area contributed by atoms with Gasteiger partial charge in [-0.2, -0.15) is 5.26 Å². The summed E-state index contributed by atoms with van der Waals surface area (Å²) < 4.78 is 37.9. The minimum Gasteiger partial charge on any atom is -0.369 e. The topological polar surface area (TPSA) is 125 Å². The predicted octanol–water partition coefficient (Wildman–Crippen LogP) is 1.84. The summed E-state index contributed by atoms with van der Waals surface area (Å²) in [5, 5.41) is 9.83. The number of nitriles is 1. The van der Waals surface area contributed by atoms with Crippen molar-refractivity contribution in [1.82, 2.24) is 4.90 Å². The van der Waals surface area contributed by atoms with Crippen molar-refractivity contribution in [2.75, 3.05) is 37.3 Å². The molecule has 2 N–H and O–H groups in total. The lowest BCUT2D eigenvalue weighted by atomic mass is 9.57. The van der Waals surface area contributed by atoms with Crippen LogP contribution < -0.4 is 10.6 Å². The van der Waals surface area contributed by atoms with E-state index in [1.165, 1.54) is 12.1 Å². The standard InChI is InChI=1S/C23H29FN4O4S/c1-33(31,32)16-5-6-19(18(24)14-16)27-10-12-28(13-11-27)20(29)17-4-2-3-7-23(17,21(26)30)22(15-25)8-9-22/h5-6,14,17H,2-4,7-13H2,1H3,(H2,26,30). The monoisotopic (exact) mass is 476 g/mol. The van der Waals surface area contributed by atoms with Gasteiger partial charge in [-0.05, 0) is 43.9 Å². The lowest BCUT2D eigenvalue weighted by Crippen LogP contribution is -2.58. The molecular weight excluding hydrogens is 447 g/mol. The summed E-state index contributed by atoms with van der Waals surface area (Å²) in [6.07, 6.45) is 4.79. The Hall–Kier alpha value is -2.67. The molecule has 1 aromatic rings. The zero-order chi connectivity index (χ0) is 24.0. The molecular formula is C23H29FN4O4S. The molecule has 0 bridgehead atoms. The number of anilines is 1. The highest BCUT2D eigenvalue weighted by Gasteiger charge is 2.68. The van der Waals surface area contributed by atoms with E-state index in [4.69, 9.17) is 5.73 Å². The zero-order valence-electron chi connectivity index (χ0n) is 18.7. The molecule has 1 aliphatic heterocycles. The van der Waals surface area contributed by atoms with Crippen molar-refractivity contribution in [3.8, 4) is 6.07 Å². The van der Waals surface area contributed by atoms with Crippen LogP contribution in [0.1, 0.15) is 38.5 Å². The Bertz CT molecular complexity index is 1120. The second kappa shape index (κ2) is 8.28. The molecule has 0 spiro atoms. The van der Waals surface area contributed by atoms with E-state index in [-0.39, 0.29) is 10.8 Å². The smallest absolute Gasteiger partial charge is 0.226 e. The normalized spacial score (nSPS) is 27.0. The Balaban J connectivity index is 1.50. The number of nitrogens with two attached hydrogens (primary N) is 1. The third kappa shape index (κ3) is 3.86. The fourth-order valence-corrected chi connectivity index (χ4v) is 6.39. The Morgan fingerprint density at radius 2 is 1.82 bits per heavy atom. The molecule has 4 rings (SSSR count). The maximum atomic E-state index is 14.6. The number of nitrogens with zero attached hydrogens (tertiary/aromatic N) is 3. The van der Waals surface area contributed by atoms with Crippen LogP contribution in [0.4, 0.5) is 10.1 Å². The van der Waals surface area contributed by atoms with Crippen LogP contribution >= 0.6 is 0 Å². The molecule has 2 atom stereocenters. The Kier molecular flexibility index (Phi) is 5.89. The average molecular weight is 477 g/mol. The summed E-state index contributed by atoms with van der Waals surface area (Å²) in [4.78, 5) is 29.7. The highest BCUT2D eigenvalue weighted by molar-refractivity contribution is 7.90. The molecule has 2 saturated carbocycles. The highest BCUT2D eigenvalue weighted by atomic mass is 32.2. The van der Waals surface area contributed by atoms with Crippen molar-refractivity contribution < 1.29 is 22.4 Å². The molecule has 2 amide bonds. The zero-order valence-corrected chi connectivity index (χ0v) is 19.5. The SMILES string of the molecule is CS(=O)(=O)c1ccc(N2CCN(C(=O)C3CCCCC3(C(N)=O)C3(C#N)CC3)CC2)c(F)c1. The summed E-state index contributed by atoms with van der Waals surface area (Å²) >= 11 is 0. The molecule has 3 fully saturated rings. The van der Waals surface area contributed by atoms with E-state index in [1.807, 2.05) is 0 Å². The number of halogens is 1. The van der Waals surface area contributed by atoms with Crippen molar-refractivity contribution in [2.24, 2.45) is 22.5 Å². The first-order valence-corrected chi connectivity index (χ1v) is 13.2. The number of carbonyl (C=O) groups excluding carboxylic acids is 2. The number of amides is 2. The van der Waals surface area contributed by atoms with E-state index in [9.17, 15) is 27.7 Å². The van der Waals surface area contributed by atoms with Crippen LogP contribution in [0.15, 0.2) is 23.1 Å². The maximum Gasteiger partial charge on any atom is 0.226 e. The number of benzene rings is 1. The maximum absolute atomic E-state index is 14.6. The van der Waals surface area contributed by atoms with Gasteiger partial charge in [-0.3, -0.25) is 9.59 Å². The number of primary amides is 1. The largest absolute Gasteiger partial charge is 0.369 e. The van der Waals surface area contributed by atoms with Crippen LogP contribution in [0.25, 0.3) is 0 Å². The number of hydrogen-bond donors (Lipinski definition) is 1. The first-order valence-electron chi connectivity index (χ1n) is 11.3. The van der Waals surface area contributed by atoms with Crippen LogP contribution in [0.5, 0.6) is 0 Å². The van der Waals surface area contributed by atoms with Gasteiger partial charge in [0, 0.05) is 32.4 Å². The quantitative estimate of drug-likeness (QED) is 0.691. The van der Waals surface area contributed by atoms with E-state index in [2.05, 4.69) is 6.07 Å².